The van der Waals surface area contributed by atoms with Gasteiger partial charge in [-0.1, -0.05) is 23.8 Å². The first kappa shape index (κ1) is 13.0. The van der Waals surface area contributed by atoms with Gasteiger partial charge in [-0.25, -0.2) is 0 Å². The van der Waals surface area contributed by atoms with Gasteiger partial charge < -0.3 is 15.2 Å². The first-order valence-corrected chi connectivity index (χ1v) is 5.92. The van der Waals surface area contributed by atoms with Gasteiger partial charge in [0.15, 0.2) is 6.61 Å². The van der Waals surface area contributed by atoms with Gasteiger partial charge in [0.1, 0.15) is 11.5 Å². The van der Waals surface area contributed by atoms with Crippen molar-refractivity contribution in [3.63, 3.8) is 0 Å². The van der Waals surface area contributed by atoms with Crippen LogP contribution in [0.1, 0.15) is 5.56 Å². The molecule has 0 aliphatic carbocycles. The molecule has 2 rings (SSSR count). The van der Waals surface area contributed by atoms with Crippen molar-refractivity contribution in [1.82, 2.24) is 0 Å². The Morgan fingerprint density at radius 1 is 1.21 bits per heavy atom. The standard InChI is InChI=1S/C15H15NO3/c1-11-5-7-12(8-6-11)16-15(18)10-19-14-4-2-3-13(17)9-14/h2-9,17H,10H2,1H3,(H,16,18). The Bertz CT molecular complexity index is 564. The van der Waals surface area contributed by atoms with Crippen LogP contribution in [0.2, 0.25) is 0 Å². The number of carbonyl (C=O) groups excluding carboxylic acids is 1. The predicted molar refractivity (Wildman–Crippen MR) is 73.4 cm³/mol. The highest BCUT2D eigenvalue weighted by molar-refractivity contribution is 5.91. The Hall–Kier alpha value is -2.49. The van der Waals surface area contributed by atoms with Crippen LogP contribution in [-0.2, 0) is 4.79 Å². The number of hydrogen-bond donors (Lipinski definition) is 2. The van der Waals surface area contributed by atoms with Crippen molar-refractivity contribution in [3.8, 4) is 11.5 Å². The molecule has 0 aliphatic rings. The summed E-state index contributed by atoms with van der Waals surface area (Å²) in [6, 6.07) is 13.8. The van der Waals surface area contributed by atoms with Gasteiger partial charge in [-0.05, 0) is 31.2 Å². The summed E-state index contributed by atoms with van der Waals surface area (Å²) in [6.07, 6.45) is 0. The Kier molecular flexibility index (Phi) is 4.03. The van der Waals surface area contributed by atoms with Crippen LogP contribution in [0.25, 0.3) is 0 Å². The molecule has 0 aromatic heterocycles. The molecule has 2 aromatic rings. The number of benzene rings is 2. The highest BCUT2D eigenvalue weighted by Gasteiger charge is 2.04. The zero-order chi connectivity index (χ0) is 13.7. The molecular formula is C15H15NO3. The second kappa shape index (κ2) is 5.91. The number of phenols is 1. The SMILES string of the molecule is Cc1ccc(NC(=O)COc2cccc(O)c2)cc1. The van der Waals surface area contributed by atoms with Gasteiger partial charge in [0.2, 0.25) is 0 Å². The quantitative estimate of drug-likeness (QED) is 0.885. The molecule has 2 aromatic carbocycles. The van der Waals surface area contributed by atoms with Gasteiger partial charge in [0.05, 0.1) is 0 Å². The first-order chi connectivity index (χ1) is 9.13. The number of ether oxygens (including phenoxy) is 1. The average Bonchev–Trinajstić information content (AvgIpc) is 2.39. The van der Waals surface area contributed by atoms with E-state index in [1.807, 2.05) is 31.2 Å². The minimum Gasteiger partial charge on any atom is -0.508 e. The van der Waals surface area contributed by atoms with Crippen molar-refractivity contribution in [1.29, 1.82) is 0 Å². The molecule has 0 unspecified atom stereocenters. The summed E-state index contributed by atoms with van der Waals surface area (Å²) in [5.74, 6) is 0.322. The van der Waals surface area contributed by atoms with Crippen LogP contribution in [-0.4, -0.2) is 17.6 Å². The molecule has 0 spiro atoms. The average molecular weight is 257 g/mol. The molecule has 2 N–H and O–H groups in total. The summed E-state index contributed by atoms with van der Waals surface area (Å²) in [5.41, 5.74) is 1.86. The lowest BCUT2D eigenvalue weighted by Gasteiger charge is -2.08. The van der Waals surface area contributed by atoms with Crippen LogP contribution in [0.4, 0.5) is 5.69 Å². The van der Waals surface area contributed by atoms with Crippen molar-refractivity contribution in [2.24, 2.45) is 0 Å². The van der Waals surface area contributed by atoms with E-state index in [0.717, 1.165) is 11.3 Å². The minimum atomic E-state index is -0.243. The molecule has 0 bridgehead atoms. The van der Waals surface area contributed by atoms with E-state index < -0.39 is 0 Å². The van der Waals surface area contributed by atoms with Gasteiger partial charge in [0, 0.05) is 11.8 Å². The van der Waals surface area contributed by atoms with Gasteiger partial charge in [0.25, 0.3) is 5.91 Å². The van der Waals surface area contributed by atoms with E-state index in [-0.39, 0.29) is 18.3 Å². The van der Waals surface area contributed by atoms with Crippen molar-refractivity contribution in [2.75, 3.05) is 11.9 Å². The maximum Gasteiger partial charge on any atom is 0.262 e. The van der Waals surface area contributed by atoms with Gasteiger partial charge >= 0.3 is 0 Å². The molecular weight excluding hydrogens is 242 g/mol. The Morgan fingerprint density at radius 3 is 2.63 bits per heavy atom. The van der Waals surface area contributed by atoms with E-state index in [4.69, 9.17) is 4.74 Å². The molecule has 4 nitrogen and oxygen atoms in total. The number of nitrogens with one attached hydrogen (secondary N) is 1. The van der Waals surface area contributed by atoms with Crippen LogP contribution >= 0.6 is 0 Å². The molecule has 0 fully saturated rings. The van der Waals surface area contributed by atoms with E-state index in [2.05, 4.69) is 5.32 Å². The molecule has 0 heterocycles. The number of amides is 1. The second-order valence-electron chi connectivity index (χ2n) is 4.20. The molecule has 0 atom stereocenters. The van der Waals surface area contributed by atoms with E-state index in [0.29, 0.717) is 5.75 Å². The van der Waals surface area contributed by atoms with E-state index in [1.54, 1.807) is 18.2 Å². The van der Waals surface area contributed by atoms with Crippen molar-refractivity contribution < 1.29 is 14.6 Å². The Balaban J connectivity index is 1.86. The molecule has 98 valence electrons. The fourth-order valence-electron chi connectivity index (χ4n) is 1.56. The maximum atomic E-state index is 11.7. The van der Waals surface area contributed by atoms with Crippen molar-refractivity contribution in [2.45, 2.75) is 6.92 Å². The molecule has 1 amide bonds. The van der Waals surface area contributed by atoms with Crippen LogP contribution < -0.4 is 10.1 Å². The number of carbonyl (C=O) groups is 1. The predicted octanol–water partition coefficient (Wildman–Crippen LogP) is 2.72. The highest BCUT2D eigenvalue weighted by Crippen LogP contribution is 2.17. The fourth-order valence-corrected chi connectivity index (χ4v) is 1.56. The van der Waals surface area contributed by atoms with Gasteiger partial charge in [-0.2, -0.15) is 0 Å². The lowest BCUT2D eigenvalue weighted by Crippen LogP contribution is -2.20. The van der Waals surface area contributed by atoms with Crippen molar-refractivity contribution >= 4 is 11.6 Å². The number of phenolic OH excluding ortho intramolecular Hbond substituents is 1. The van der Waals surface area contributed by atoms with Crippen LogP contribution in [0, 0.1) is 6.92 Å². The minimum absolute atomic E-state index is 0.0999. The zero-order valence-electron chi connectivity index (χ0n) is 10.6. The topological polar surface area (TPSA) is 58.6 Å². The number of anilines is 1. The monoisotopic (exact) mass is 257 g/mol. The summed E-state index contributed by atoms with van der Waals surface area (Å²) in [6.45, 7) is 1.88. The summed E-state index contributed by atoms with van der Waals surface area (Å²) in [4.78, 5) is 11.7. The molecule has 0 radical (unpaired) electrons. The highest BCUT2D eigenvalue weighted by atomic mass is 16.5. The molecule has 19 heavy (non-hydrogen) atoms. The lowest BCUT2D eigenvalue weighted by molar-refractivity contribution is -0.118. The summed E-state index contributed by atoms with van der Waals surface area (Å²) in [5, 5.41) is 12.0. The smallest absolute Gasteiger partial charge is 0.262 e. The summed E-state index contributed by atoms with van der Waals surface area (Å²) >= 11 is 0. The Labute approximate surface area is 111 Å². The third-order valence-corrected chi connectivity index (χ3v) is 2.52. The number of rotatable bonds is 4. The zero-order valence-corrected chi connectivity index (χ0v) is 10.6. The number of hydrogen-bond acceptors (Lipinski definition) is 3. The number of aryl methyl sites for hydroxylation is 1. The molecule has 0 saturated heterocycles. The van der Waals surface area contributed by atoms with Crippen LogP contribution in [0.15, 0.2) is 48.5 Å². The fraction of sp³-hybridized carbons (Fsp3) is 0.133. The first-order valence-electron chi connectivity index (χ1n) is 5.92. The summed E-state index contributed by atoms with van der Waals surface area (Å²) < 4.78 is 5.27. The van der Waals surface area contributed by atoms with Gasteiger partial charge in [-0.3, -0.25) is 4.79 Å². The number of aromatic hydroxyl groups is 1. The van der Waals surface area contributed by atoms with Crippen LogP contribution in [0.5, 0.6) is 11.5 Å². The third kappa shape index (κ3) is 4.03. The third-order valence-electron chi connectivity index (χ3n) is 2.52. The van der Waals surface area contributed by atoms with Crippen molar-refractivity contribution in [3.05, 3.63) is 54.1 Å². The molecule has 0 aliphatic heterocycles. The second-order valence-corrected chi connectivity index (χ2v) is 4.20. The van der Waals surface area contributed by atoms with E-state index >= 15 is 0 Å². The van der Waals surface area contributed by atoms with Crippen LogP contribution in [0.3, 0.4) is 0 Å². The van der Waals surface area contributed by atoms with E-state index in [1.165, 1.54) is 6.07 Å². The molecule has 4 heteroatoms. The summed E-state index contributed by atoms with van der Waals surface area (Å²) in [7, 11) is 0. The maximum absolute atomic E-state index is 11.7. The van der Waals surface area contributed by atoms with E-state index in [9.17, 15) is 9.90 Å². The van der Waals surface area contributed by atoms with Gasteiger partial charge in [-0.15, -0.1) is 0 Å². The molecule has 0 saturated carbocycles. The largest absolute Gasteiger partial charge is 0.508 e. The Morgan fingerprint density at radius 2 is 1.95 bits per heavy atom. The lowest BCUT2D eigenvalue weighted by atomic mass is 10.2. The normalized spacial score (nSPS) is 9.95.